The van der Waals surface area contributed by atoms with E-state index >= 15 is 0 Å². The van der Waals surface area contributed by atoms with E-state index in [0.717, 1.165) is 13.1 Å². The molecule has 0 aromatic carbocycles. The van der Waals surface area contributed by atoms with E-state index in [1.54, 1.807) is 13.8 Å². The molecule has 0 spiro atoms. The van der Waals surface area contributed by atoms with Crippen molar-refractivity contribution in [3.05, 3.63) is 0 Å². The van der Waals surface area contributed by atoms with Crippen LogP contribution in [0.15, 0.2) is 0 Å². The quantitative estimate of drug-likeness (QED) is 0.728. The van der Waals surface area contributed by atoms with Gasteiger partial charge in [-0.05, 0) is 60.0 Å². The molecule has 23 heavy (non-hydrogen) atoms. The molecule has 8 heteroatoms. The molecule has 0 amide bonds. The van der Waals surface area contributed by atoms with Crippen LogP contribution in [-0.2, 0) is 19.9 Å². The van der Waals surface area contributed by atoms with E-state index in [9.17, 15) is 16.8 Å². The fourth-order valence-corrected chi connectivity index (χ4v) is 8.08. The molecule has 0 unspecified atom stereocenters. The summed E-state index contributed by atoms with van der Waals surface area (Å²) in [6.07, 6.45) is 1.87. The lowest BCUT2D eigenvalue weighted by atomic mass is 10.1. The van der Waals surface area contributed by atoms with Crippen LogP contribution in [0.2, 0.25) is 0 Å². The second-order valence-electron chi connectivity index (χ2n) is 7.69. The minimum Gasteiger partial charge on any atom is -0.301 e. The molecule has 2 heterocycles. The number of sulfone groups is 1. The highest BCUT2D eigenvalue weighted by Gasteiger charge is 2.44. The third kappa shape index (κ3) is 4.27. The first-order valence-electron chi connectivity index (χ1n) is 8.42. The molecule has 0 aromatic heterocycles. The van der Waals surface area contributed by atoms with Gasteiger partial charge >= 0.3 is 0 Å². The highest BCUT2D eigenvalue weighted by atomic mass is 32.2. The first-order valence-corrected chi connectivity index (χ1v) is 11.7. The fraction of sp³-hybridized carbons (Fsp3) is 1.00. The van der Waals surface area contributed by atoms with Crippen molar-refractivity contribution < 1.29 is 16.8 Å². The van der Waals surface area contributed by atoms with Crippen LogP contribution < -0.4 is 0 Å². The third-order valence-electron chi connectivity index (χ3n) is 5.04. The van der Waals surface area contributed by atoms with Crippen LogP contribution in [0.1, 0.15) is 47.0 Å². The number of hydrogen-bond acceptors (Lipinski definition) is 5. The number of likely N-dealkylation sites (tertiary alicyclic amines) is 1. The molecule has 2 aliphatic rings. The summed E-state index contributed by atoms with van der Waals surface area (Å²) in [4.78, 5) is 2.29. The maximum absolute atomic E-state index is 12.8. The number of hydrogen-bond donors (Lipinski definition) is 0. The van der Waals surface area contributed by atoms with Crippen LogP contribution in [0.3, 0.4) is 0 Å². The average Bonchev–Trinajstić information content (AvgIpc) is 2.78. The number of rotatable bonds is 5. The zero-order valence-corrected chi connectivity index (χ0v) is 16.3. The lowest BCUT2D eigenvalue weighted by Crippen LogP contribution is -2.52. The second kappa shape index (κ2) is 6.61. The van der Waals surface area contributed by atoms with E-state index in [-0.39, 0.29) is 16.8 Å². The van der Waals surface area contributed by atoms with E-state index in [1.807, 2.05) is 0 Å². The molecule has 2 rings (SSSR count). The Bertz CT molecular complexity index is 618. The first kappa shape index (κ1) is 19.1. The topological polar surface area (TPSA) is 74.8 Å². The van der Waals surface area contributed by atoms with Gasteiger partial charge in [-0.15, -0.1) is 0 Å². The van der Waals surface area contributed by atoms with Gasteiger partial charge in [0.2, 0.25) is 10.0 Å². The highest BCUT2D eigenvalue weighted by molar-refractivity contribution is 7.92. The van der Waals surface area contributed by atoms with Gasteiger partial charge in [0, 0.05) is 18.1 Å². The summed E-state index contributed by atoms with van der Waals surface area (Å²) in [6.45, 7) is 9.73. The molecule has 0 radical (unpaired) electrons. The molecular formula is C15H30N2O4S2. The van der Waals surface area contributed by atoms with Gasteiger partial charge in [0.25, 0.3) is 0 Å². The fourth-order valence-electron chi connectivity index (χ4n) is 3.75. The molecule has 0 bridgehead atoms. The van der Waals surface area contributed by atoms with Crippen LogP contribution in [-0.4, -0.2) is 74.0 Å². The van der Waals surface area contributed by atoms with Gasteiger partial charge < -0.3 is 4.90 Å². The van der Waals surface area contributed by atoms with Crippen molar-refractivity contribution >= 4 is 19.9 Å². The average molecular weight is 367 g/mol. The minimum atomic E-state index is -3.31. The van der Waals surface area contributed by atoms with Gasteiger partial charge in [-0.2, -0.15) is 4.31 Å². The monoisotopic (exact) mass is 366 g/mol. The summed E-state index contributed by atoms with van der Waals surface area (Å²) in [5.74, 6) is 0.0365. The molecule has 0 aliphatic carbocycles. The molecule has 0 saturated carbocycles. The first-order chi connectivity index (χ1) is 10.5. The summed E-state index contributed by atoms with van der Waals surface area (Å²) < 4.78 is 51.2. The van der Waals surface area contributed by atoms with E-state index in [0.29, 0.717) is 31.8 Å². The van der Waals surface area contributed by atoms with Crippen molar-refractivity contribution in [3.8, 4) is 0 Å². The second-order valence-corrected chi connectivity index (χ2v) is 12.0. The van der Waals surface area contributed by atoms with Crippen LogP contribution >= 0.6 is 0 Å². The maximum atomic E-state index is 12.8. The molecule has 136 valence electrons. The lowest BCUT2D eigenvalue weighted by Gasteiger charge is -2.38. The molecule has 2 fully saturated rings. The largest absolute Gasteiger partial charge is 0.301 e. The summed E-state index contributed by atoms with van der Waals surface area (Å²) in [5, 5.41) is -0.345. The Morgan fingerprint density at radius 3 is 2.13 bits per heavy atom. The third-order valence-corrected chi connectivity index (χ3v) is 9.79. The molecule has 0 aromatic rings. The van der Waals surface area contributed by atoms with E-state index < -0.39 is 25.4 Å². The summed E-state index contributed by atoms with van der Waals surface area (Å²) in [5.41, 5.74) is -0.872. The van der Waals surface area contributed by atoms with Gasteiger partial charge in [0.15, 0.2) is 9.84 Å². The molecule has 6 nitrogen and oxygen atoms in total. The molecule has 2 saturated heterocycles. The smallest absolute Gasteiger partial charge is 0.214 e. The Labute approximate surface area is 141 Å². The normalized spacial score (nSPS) is 25.3. The Morgan fingerprint density at radius 2 is 1.70 bits per heavy atom. The van der Waals surface area contributed by atoms with Crippen LogP contribution in [0, 0.1) is 0 Å². The standard InChI is InChI=1S/C15H30N2O4S2/c1-13(2)16-9-6-14(7-10-16)22(18,19)12-15(3,4)17-8-5-11-23(17,20)21/h13-14H,5-12H2,1-4H3. The van der Waals surface area contributed by atoms with Gasteiger partial charge in [0.1, 0.15) is 0 Å². The van der Waals surface area contributed by atoms with Crippen molar-refractivity contribution in [1.82, 2.24) is 9.21 Å². The van der Waals surface area contributed by atoms with Gasteiger partial charge in [-0.1, -0.05) is 0 Å². The van der Waals surface area contributed by atoms with Crippen LogP contribution in [0.25, 0.3) is 0 Å². The van der Waals surface area contributed by atoms with Gasteiger partial charge in [-0.3, -0.25) is 0 Å². The molecule has 2 aliphatic heterocycles. The number of nitrogens with zero attached hydrogens (tertiary/aromatic N) is 2. The van der Waals surface area contributed by atoms with Crippen molar-refractivity contribution in [2.24, 2.45) is 0 Å². The van der Waals surface area contributed by atoms with E-state index in [1.165, 1.54) is 4.31 Å². The lowest BCUT2D eigenvalue weighted by molar-refractivity contribution is 0.185. The summed E-state index contributed by atoms with van der Waals surface area (Å²) in [6, 6.07) is 0.435. The zero-order valence-electron chi connectivity index (χ0n) is 14.7. The van der Waals surface area contributed by atoms with Crippen LogP contribution in [0.5, 0.6) is 0 Å². The van der Waals surface area contributed by atoms with Gasteiger partial charge in [0.05, 0.1) is 16.8 Å². The van der Waals surface area contributed by atoms with Crippen molar-refractivity contribution in [3.63, 3.8) is 0 Å². The van der Waals surface area contributed by atoms with Crippen molar-refractivity contribution in [1.29, 1.82) is 0 Å². The molecule has 0 atom stereocenters. The predicted octanol–water partition coefficient (Wildman–Crippen LogP) is 1.09. The SMILES string of the molecule is CC(C)N1CCC(S(=O)(=O)CC(C)(C)N2CCCS2(=O)=O)CC1. The highest BCUT2D eigenvalue weighted by Crippen LogP contribution is 2.29. The Kier molecular flexibility index (Phi) is 5.51. The Hall–Kier alpha value is -0.180. The molecule has 0 N–H and O–H groups in total. The van der Waals surface area contributed by atoms with Crippen molar-refractivity contribution in [2.75, 3.05) is 31.1 Å². The van der Waals surface area contributed by atoms with E-state index in [2.05, 4.69) is 18.7 Å². The van der Waals surface area contributed by atoms with Crippen LogP contribution in [0.4, 0.5) is 0 Å². The van der Waals surface area contributed by atoms with E-state index in [4.69, 9.17) is 0 Å². The molecular weight excluding hydrogens is 336 g/mol. The van der Waals surface area contributed by atoms with Gasteiger partial charge in [-0.25, -0.2) is 16.8 Å². The maximum Gasteiger partial charge on any atom is 0.214 e. The zero-order chi connectivity index (χ0) is 17.5. The number of sulfonamides is 1. The predicted molar refractivity (Wildman–Crippen MR) is 92.7 cm³/mol. The Morgan fingerprint density at radius 1 is 1.13 bits per heavy atom. The summed E-state index contributed by atoms with van der Waals surface area (Å²) in [7, 11) is -6.62. The minimum absolute atomic E-state index is 0.0917. The summed E-state index contributed by atoms with van der Waals surface area (Å²) >= 11 is 0. The number of piperidine rings is 1. The Balaban J connectivity index is 2.06. The van der Waals surface area contributed by atoms with Crippen molar-refractivity contribution in [2.45, 2.75) is 63.8 Å².